The van der Waals surface area contributed by atoms with Crippen molar-refractivity contribution in [2.45, 2.75) is 231 Å². The Morgan fingerprint density at radius 2 is 0.575 bits per heavy atom. The standard InChI is InChI=1S/C36H75NO3/c1-3-5-7-9-11-13-15-17-18-19-20-22-23-25-27-29-31-33(38)35(37)36(40)34(39)32-30-28-26-24-21-16-14-12-10-8-6-4-2/h33-36,38-40H,3-32,37H2,1-2H3/t33?,34-,35+,36-/m1/s1. The third-order valence-electron chi connectivity index (χ3n) is 8.94. The number of hydrogen-bond donors (Lipinski definition) is 4. The Balaban J connectivity index is 3.53. The Kier molecular flexibility index (Phi) is 31.6. The Morgan fingerprint density at radius 1 is 0.350 bits per heavy atom. The van der Waals surface area contributed by atoms with E-state index in [0.29, 0.717) is 12.8 Å². The van der Waals surface area contributed by atoms with Crippen molar-refractivity contribution in [2.75, 3.05) is 0 Å². The monoisotopic (exact) mass is 570 g/mol. The summed E-state index contributed by atoms with van der Waals surface area (Å²) in [5.74, 6) is 0. The third-order valence-corrected chi connectivity index (χ3v) is 8.94. The van der Waals surface area contributed by atoms with Gasteiger partial charge in [0.1, 0.15) is 0 Å². The van der Waals surface area contributed by atoms with E-state index in [0.717, 1.165) is 25.7 Å². The summed E-state index contributed by atoms with van der Waals surface area (Å²) >= 11 is 0. The Bertz CT molecular complexity index is 475. The summed E-state index contributed by atoms with van der Waals surface area (Å²) in [5, 5.41) is 31.2. The summed E-state index contributed by atoms with van der Waals surface area (Å²) < 4.78 is 0. The maximum atomic E-state index is 10.4. The van der Waals surface area contributed by atoms with Gasteiger partial charge in [-0.2, -0.15) is 0 Å². The third kappa shape index (κ3) is 26.7. The molecule has 0 radical (unpaired) electrons. The minimum absolute atomic E-state index is 0.568. The number of unbranched alkanes of at least 4 members (excludes halogenated alkanes) is 26. The fourth-order valence-electron chi connectivity index (χ4n) is 5.94. The largest absolute Gasteiger partial charge is 0.391 e. The molecule has 0 spiro atoms. The summed E-state index contributed by atoms with van der Waals surface area (Å²) in [7, 11) is 0. The van der Waals surface area contributed by atoms with E-state index >= 15 is 0 Å². The molecule has 0 fully saturated rings. The van der Waals surface area contributed by atoms with E-state index < -0.39 is 24.4 Å². The van der Waals surface area contributed by atoms with Crippen LogP contribution in [0.4, 0.5) is 0 Å². The van der Waals surface area contributed by atoms with Crippen LogP contribution >= 0.6 is 0 Å². The second kappa shape index (κ2) is 31.8. The van der Waals surface area contributed by atoms with Gasteiger partial charge >= 0.3 is 0 Å². The summed E-state index contributed by atoms with van der Waals surface area (Å²) in [6.07, 6.45) is 35.2. The van der Waals surface area contributed by atoms with Crippen LogP contribution in [-0.2, 0) is 0 Å². The maximum Gasteiger partial charge on any atom is 0.0974 e. The first-order valence-corrected chi connectivity index (χ1v) is 18.3. The highest BCUT2D eigenvalue weighted by atomic mass is 16.3. The van der Waals surface area contributed by atoms with Gasteiger partial charge in [0.05, 0.1) is 24.4 Å². The Morgan fingerprint density at radius 3 is 0.850 bits per heavy atom. The van der Waals surface area contributed by atoms with Crippen LogP contribution in [0.25, 0.3) is 0 Å². The highest BCUT2D eigenvalue weighted by Crippen LogP contribution is 2.18. The molecular weight excluding hydrogens is 494 g/mol. The average molecular weight is 570 g/mol. The number of rotatable bonds is 33. The lowest BCUT2D eigenvalue weighted by atomic mass is 9.94. The highest BCUT2D eigenvalue weighted by molar-refractivity contribution is 4.84. The lowest BCUT2D eigenvalue weighted by molar-refractivity contribution is -0.0332. The Labute approximate surface area is 251 Å². The number of hydrogen-bond acceptors (Lipinski definition) is 4. The second-order valence-corrected chi connectivity index (χ2v) is 13.0. The minimum atomic E-state index is -1.04. The van der Waals surface area contributed by atoms with Crippen molar-refractivity contribution in [3.63, 3.8) is 0 Å². The molecule has 0 saturated carbocycles. The quantitative estimate of drug-likeness (QED) is 0.0592. The number of aliphatic hydroxyl groups is 3. The van der Waals surface area contributed by atoms with Crippen molar-refractivity contribution in [3.05, 3.63) is 0 Å². The van der Waals surface area contributed by atoms with Gasteiger partial charge in [0, 0.05) is 0 Å². The van der Waals surface area contributed by atoms with Gasteiger partial charge in [0.2, 0.25) is 0 Å². The molecule has 5 N–H and O–H groups in total. The first-order valence-electron chi connectivity index (χ1n) is 18.3. The minimum Gasteiger partial charge on any atom is -0.391 e. The van der Waals surface area contributed by atoms with Crippen LogP contribution in [0.5, 0.6) is 0 Å². The van der Waals surface area contributed by atoms with E-state index in [2.05, 4.69) is 13.8 Å². The highest BCUT2D eigenvalue weighted by Gasteiger charge is 2.28. The lowest BCUT2D eigenvalue weighted by Gasteiger charge is -2.27. The van der Waals surface area contributed by atoms with Gasteiger partial charge in [-0.3, -0.25) is 0 Å². The molecule has 4 nitrogen and oxygen atoms in total. The molecule has 4 atom stereocenters. The van der Waals surface area contributed by atoms with Crippen molar-refractivity contribution in [1.29, 1.82) is 0 Å². The zero-order chi connectivity index (χ0) is 29.5. The van der Waals surface area contributed by atoms with Crippen molar-refractivity contribution in [1.82, 2.24) is 0 Å². The molecule has 0 heterocycles. The first kappa shape index (κ1) is 39.8. The van der Waals surface area contributed by atoms with Crippen molar-refractivity contribution < 1.29 is 15.3 Å². The van der Waals surface area contributed by atoms with E-state index in [1.165, 1.54) is 154 Å². The van der Waals surface area contributed by atoms with Crippen LogP contribution in [0, 0.1) is 0 Å². The molecule has 40 heavy (non-hydrogen) atoms. The maximum absolute atomic E-state index is 10.4. The summed E-state index contributed by atoms with van der Waals surface area (Å²) in [6, 6.07) is -0.760. The van der Waals surface area contributed by atoms with Gasteiger partial charge in [-0.1, -0.05) is 194 Å². The van der Waals surface area contributed by atoms with Crippen molar-refractivity contribution >= 4 is 0 Å². The van der Waals surface area contributed by atoms with Crippen LogP contribution < -0.4 is 5.73 Å². The average Bonchev–Trinajstić information content (AvgIpc) is 2.96. The van der Waals surface area contributed by atoms with Gasteiger partial charge in [0.15, 0.2) is 0 Å². The van der Waals surface area contributed by atoms with Crippen LogP contribution in [0.3, 0.4) is 0 Å². The van der Waals surface area contributed by atoms with Crippen LogP contribution in [0.2, 0.25) is 0 Å². The summed E-state index contributed by atoms with van der Waals surface area (Å²) in [4.78, 5) is 0. The molecule has 242 valence electrons. The molecule has 0 amide bonds. The van der Waals surface area contributed by atoms with Gasteiger partial charge < -0.3 is 21.1 Å². The molecule has 4 heteroatoms. The van der Waals surface area contributed by atoms with Crippen molar-refractivity contribution in [3.8, 4) is 0 Å². The predicted octanol–water partition coefficient (Wildman–Crippen LogP) is 10.1. The molecule has 0 aliphatic rings. The predicted molar refractivity (Wildman–Crippen MR) is 176 cm³/mol. The normalized spacial score (nSPS) is 14.8. The Hall–Kier alpha value is -0.160. The van der Waals surface area contributed by atoms with E-state index in [-0.39, 0.29) is 0 Å². The number of aliphatic hydroxyl groups excluding tert-OH is 3. The smallest absolute Gasteiger partial charge is 0.0974 e. The molecular formula is C36H75NO3. The molecule has 0 aliphatic heterocycles. The molecule has 0 rings (SSSR count). The fraction of sp³-hybridized carbons (Fsp3) is 1.00. The SMILES string of the molecule is CCCCCCCCCCCCCCCCCCC(O)[C@H](N)[C@H](O)[C@H](O)CCCCCCCCCCCCCC. The lowest BCUT2D eigenvalue weighted by Crippen LogP contribution is -2.50. The molecule has 0 aromatic rings. The molecule has 0 saturated heterocycles. The van der Waals surface area contributed by atoms with E-state index in [9.17, 15) is 15.3 Å². The first-order chi connectivity index (χ1) is 19.5. The second-order valence-electron chi connectivity index (χ2n) is 13.0. The van der Waals surface area contributed by atoms with Crippen LogP contribution in [0.15, 0.2) is 0 Å². The van der Waals surface area contributed by atoms with E-state index in [1.54, 1.807) is 0 Å². The fourth-order valence-corrected chi connectivity index (χ4v) is 5.94. The molecule has 0 aliphatic carbocycles. The van der Waals surface area contributed by atoms with E-state index in [1.807, 2.05) is 0 Å². The molecule has 1 unspecified atom stereocenters. The van der Waals surface area contributed by atoms with Gasteiger partial charge in [-0.25, -0.2) is 0 Å². The number of nitrogens with two attached hydrogens (primary N) is 1. The zero-order valence-electron chi connectivity index (χ0n) is 27.4. The molecule has 0 aromatic carbocycles. The molecule has 0 aromatic heterocycles. The molecule has 0 bridgehead atoms. The van der Waals surface area contributed by atoms with Gasteiger partial charge in [-0.15, -0.1) is 0 Å². The topological polar surface area (TPSA) is 86.7 Å². The van der Waals surface area contributed by atoms with Gasteiger partial charge in [-0.05, 0) is 12.8 Å². The van der Waals surface area contributed by atoms with Crippen LogP contribution in [-0.4, -0.2) is 39.7 Å². The summed E-state index contributed by atoms with van der Waals surface area (Å²) in [5.41, 5.74) is 6.10. The summed E-state index contributed by atoms with van der Waals surface area (Å²) in [6.45, 7) is 4.54. The van der Waals surface area contributed by atoms with Gasteiger partial charge in [0.25, 0.3) is 0 Å². The van der Waals surface area contributed by atoms with Crippen molar-refractivity contribution in [2.24, 2.45) is 5.73 Å². The van der Waals surface area contributed by atoms with E-state index in [4.69, 9.17) is 5.73 Å². The zero-order valence-corrected chi connectivity index (χ0v) is 27.4. The van der Waals surface area contributed by atoms with Crippen LogP contribution in [0.1, 0.15) is 206 Å².